The number of nitrogens with one attached hydrogen (secondary N) is 2. The van der Waals surface area contributed by atoms with Crippen molar-refractivity contribution in [3.8, 4) is 0 Å². The van der Waals surface area contributed by atoms with Gasteiger partial charge in [-0.1, -0.05) is 18.6 Å². The molecule has 0 spiro atoms. The van der Waals surface area contributed by atoms with Gasteiger partial charge in [-0.25, -0.2) is 4.68 Å². The number of aromatic nitrogens is 3. The van der Waals surface area contributed by atoms with Gasteiger partial charge in [0.15, 0.2) is 5.69 Å². The summed E-state index contributed by atoms with van der Waals surface area (Å²) in [5.41, 5.74) is 0.225. The van der Waals surface area contributed by atoms with Crippen LogP contribution in [0.2, 0.25) is 0 Å². The average Bonchev–Trinajstić information content (AvgIpc) is 2.75. The number of carboxylic acid groups (broad SMARTS) is 1. The third-order valence-electron chi connectivity index (χ3n) is 3.27. The summed E-state index contributed by atoms with van der Waals surface area (Å²) in [6.07, 6.45) is 2.95. The second kappa shape index (κ2) is 6.47. The highest BCUT2D eigenvalue weighted by molar-refractivity contribution is 5.92. The quantitative estimate of drug-likeness (QED) is 0.638. The van der Waals surface area contributed by atoms with Gasteiger partial charge in [0.1, 0.15) is 0 Å². The Kier molecular flexibility index (Phi) is 4.67. The van der Waals surface area contributed by atoms with Crippen molar-refractivity contribution in [1.82, 2.24) is 25.6 Å². The van der Waals surface area contributed by atoms with Crippen molar-refractivity contribution in [2.45, 2.75) is 38.3 Å². The fourth-order valence-electron chi connectivity index (χ4n) is 2.06. The Balaban J connectivity index is 1.94. The Hall–Kier alpha value is -1.96. The summed E-state index contributed by atoms with van der Waals surface area (Å²) in [7, 11) is 0. The largest absolute Gasteiger partial charge is 0.481 e. The molecule has 0 saturated carbocycles. The van der Waals surface area contributed by atoms with Crippen molar-refractivity contribution in [2.24, 2.45) is 0 Å². The Morgan fingerprint density at radius 1 is 1.60 bits per heavy atom. The van der Waals surface area contributed by atoms with Gasteiger partial charge in [-0.3, -0.25) is 9.59 Å². The lowest BCUT2D eigenvalue weighted by molar-refractivity contribution is -0.137. The third-order valence-corrected chi connectivity index (χ3v) is 3.27. The van der Waals surface area contributed by atoms with Crippen LogP contribution in [-0.2, 0) is 4.79 Å². The van der Waals surface area contributed by atoms with E-state index in [0.717, 1.165) is 19.5 Å². The van der Waals surface area contributed by atoms with Crippen LogP contribution in [0.3, 0.4) is 0 Å². The standard InChI is InChI=1S/C12H19N5O3/c1-2-3-8(4-11(18)19)14-12(20)10-7-17(16-15-10)9-5-13-6-9/h7-9,13H,2-6H2,1H3,(H,14,20)(H,18,19). The molecular weight excluding hydrogens is 262 g/mol. The topological polar surface area (TPSA) is 109 Å². The van der Waals surface area contributed by atoms with Crippen molar-refractivity contribution in [1.29, 1.82) is 0 Å². The number of hydrogen-bond acceptors (Lipinski definition) is 5. The van der Waals surface area contributed by atoms with Gasteiger partial charge in [0.2, 0.25) is 0 Å². The van der Waals surface area contributed by atoms with E-state index in [1.165, 1.54) is 0 Å². The number of amides is 1. The molecule has 1 fully saturated rings. The van der Waals surface area contributed by atoms with Crippen LogP contribution in [0.1, 0.15) is 42.7 Å². The zero-order valence-corrected chi connectivity index (χ0v) is 11.4. The van der Waals surface area contributed by atoms with Crippen molar-refractivity contribution >= 4 is 11.9 Å². The van der Waals surface area contributed by atoms with Gasteiger partial charge < -0.3 is 15.7 Å². The molecule has 2 rings (SSSR count). The summed E-state index contributed by atoms with van der Waals surface area (Å²) in [5.74, 6) is -1.30. The van der Waals surface area contributed by atoms with E-state index < -0.39 is 5.97 Å². The first kappa shape index (κ1) is 14.4. The van der Waals surface area contributed by atoms with Crippen molar-refractivity contribution in [2.75, 3.05) is 13.1 Å². The van der Waals surface area contributed by atoms with E-state index >= 15 is 0 Å². The maximum absolute atomic E-state index is 12.0. The summed E-state index contributed by atoms with van der Waals surface area (Å²) in [5, 5.41) is 22.4. The van der Waals surface area contributed by atoms with E-state index in [-0.39, 0.29) is 30.1 Å². The molecule has 1 aromatic heterocycles. The van der Waals surface area contributed by atoms with E-state index in [4.69, 9.17) is 5.11 Å². The predicted octanol–water partition coefficient (Wildman–Crippen LogP) is -0.204. The summed E-state index contributed by atoms with van der Waals surface area (Å²) >= 11 is 0. The molecular formula is C12H19N5O3. The molecule has 0 radical (unpaired) electrons. The van der Waals surface area contributed by atoms with Crippen LogP contribution >= 0.6 is 0 Å². The molecule has 0 aliphatic carbocycles. The zero-order chi connectivity index (χ0) is 14.5. The molecule has 1 amide bonds. The molecule has 0 bridgehead atoms. The summed E-state index contributed by atoms with van der Waals surface area (Å²) in [4.78, 5) is 22.8. The first-order valence-corrected chi connectivity index (χ1v) is 6.75. The second-order valence-electron chi connectivity index (χ2n) is 4.95. The number of carbonyl (C=O) groups excluding carboxylic acids is 1. The molecule has 110 valence electrons. The fraction of sp³-hybridized carbons (Fsp3) is 0.667. The number of hydrogen-bond donors (Lipinski definition) is 3. The molecule has 8 heteroatoms. The average molecular weight is 281 g/mol. The molecule has 1 unspecified atom stereocenters. The molecule has 0 aromatic carbocycles. The Bertz CT molecular complexity index is 483. The SMILES string of the molecule is CCCC(CC(=O)O)NC(=O)c1cn(C2CNC2)nn1. The lowest BCUT2D eigenvalue weighted by Crippen LogP contribution is -2.43. The van der Waals surface area contributed by atoms with Crippen LogP contribution < -0.4 is 10.6 Å². The minimum Gasteiger partial charge on any atom is -0.481 e. The second-order valence-corrected chi connectivity index (χ2v) is 4.95. The Morgan fingerprint density at radius 3 is 2.90 bits per heavy atom. The van der Waals surface area contributed by atoms with Crippen molar-refractivity contribution < 1.29 is 14.7 Å². The smallest absolute Gasteiger partial charge is 0.305 e. The lowest BCUT2D eigenvalue weighted by Gasteiger charge is -2.26. The van der Waals surface area contributed by atoms with Crippen LogP contribution in [0.4, 0.5) is 0 Å². The van der Waals surface area contributed by atoms with Crippen molar-refractivity contribution in [3.63, 3.8) is 0 Å². The van der Waals surface area contributed by atoms with Gasteiger partial charge in [-0.15, -0.1) is 5.10 Å². The first-order chi connectivity index (χ1) is 9.60. The molecule has 1 atom stereocenters. The predicted molar refractivity (Wildman–Crippen MR) is 70.3 cm³/mol. The first-order valence-electron chi connectivity index (χ1n) is 6.75. The van der Waals surface area contributed by atoms with E-state index in [9.17, 15) is 9.59 Å². The monoisotopic (exact) mass is 281 g/mol. The highest BCUT2D eigenvalue weighted by Crippen LogP contribution is 2.10. The molecule has 8 nitrogen and oxygen atoms in total. The van der Waals surface area contributed by atoms with E-state index in [1.807, 2.05) is 6.92 Å². The summed E-state index contributed by atoms with van der Waals surface area (Å²) in [6.45, 7) is 3.59. The maximum Gasteiger partial charge on any atom is 0.305 e. The highest BCUT2D eigenvalue weighted by atomic mass is 16.4. The van der Waals surface area contributed by atoms with Gasteiger partial charge in [-0.05, 0) is 6.42 Å². The minimum absolute atomic E-state index is 0.0831. The van der Waals surface area contributed by atoms with Gasteiger partial charge in [0.05, 0.1) is 18.7 Å². The van der Waals surface area contributed by atoms with Crippen LogP contribution in [0.25, 0.3) is 0 Å². The maximum atomic E-state index is 12.0. The van der Waals surface area contributed by atoms with Gasteiger partial charge in [0, 0.05) is 19.1 Å². The van der Waals surface area contributed by atoms with E-state index in [2.05, 4.69) is 20.9 Å². The van der Waals surface area contributed by atoms with E-state index in [1.54, 1.807) is 10.9 Å². The van der Waals surface area contributed by atoms with Crippen LogP contribution in [0, 0.1) is 0 Å². The Labute approximate surface area is 116 Å². The van der Waals surface area contributed by atoms with Crippen LogP contribution in [-0.4, -0.2) is 51.1 Å². The number of nitrogens with zero attached hydrogens (tertiary/aromatic N) is 3. The highest BCUT2D eigenvalue weighted by Gasteiger charge is 2.23. The number of carboxylic acids is 1. The molecule has 20 heavy (non-hydrogen) atoms. The molecule has 1 saturated heterocycles. The molecule has 1 aliphatic rings. The van der Waals surface area contributed by atoms with Crippen LogP contribution in [0.5, 0.6) is 0 Å². The van der Waals surface area contributed by atoms with Gasteiger partial charge >= 0.3 is 5.97 Å². The Morgan fingerprint density at radius 2 is 2.35 bits per heavy atom. The zero-order valence-electron chi connectivity index (χ0n) is 11.4. The normalized spacial score (nSPS) is 16.4. The van der Waals surface area contributed by atoms with Crippen molar-refractivity contribution in [3.05, 3.63) is 11.9 Å². The van der Waals surface area contributed by atoms with E-state index in [0.29, 0.717) is 6.42 Å². The minimum atomic E-state index is -0.923. The van der Waals surface area contributed by atoms with Gasteiger partial charge in [0.25, 0.3) is 5.91 Å². The number of aliphatic carboxylic acids is 1. The number of rotatable bonds is 7. The molecule has 3 N–H and O–H groups in total. The van der Waals surface area contributed by atoms with Gasteiger partial charge in [-0.2, -0.15) is 0 Å². The molecule has 2 heterocycles. The third kappa shape index (κ3) is 3.53. The molecule has 1 aromatic rings. The summed E-state index contributed by atoms with van der Waals surface area (Å²) < 4.78 is 1.66. The fourth-order valence-corrected chi connectivity index (χ4v) is 2.06. The lowest BCUT2D eigenvalue weighted by atomic mass is 10.1. The summed E-state index contributed by atoms with van der Waals surface area (Å²) in [6, 6.07) is -0.130. The number of carbonyl (C=O) groups is 2. The van der Waals surface area contributed by atoms with Crippen LogP contribution in [0.15, 0.2) is 6.20 Å². The molecule has 1 aliphatic heterocycles.